The topological polar surface area (TPSA) is 143 Å². The number of thiazole rings is 1. The number of anilines is 3. The Balaban J connectivity index is 0.00000274. The summed E-state index contributed by atoms with van der Waals surface area (Å²) in [6, 6.07) is 16.3. The summed E-state index contributed by atoms with van der Waals surface area (Å²) in [5.41, 5.74) is 1.38. The smallest absolute Gasteiger partial charge is 0.264 e. The van der Waals surface area contributed by atoms with E-state index in [0.717, 1.165) is 15.9 Å². The van der Waals surface area contributed by atoms with Crippen LogP contribution in [-0.4, -0.2) is 55.1 Å². The van der Waals surface area contributed by atoms with Gasteiger partial charge in [0.1, 0.15) is 22.5 Å². The molecule has 4 atom stereocenters. The molecule has 1 saturated carbocycles. The number of rotatable bonds is 6. The SMILES string of the molecule is Cl.O=c1[nH]c(Nc2ccccc2)nc(N[C@@H]2C[C@H](CO)[C@@H](O)[C@H]2O)c1-c1nc2ccccc2s1. The fourth-order valence-electron chi connectivity index (χ4n) is 4.10. The predicted molar refractivity (Wildman–Crippen MR) is 135 cm³/mol. The van der Waals surface area contributed by atoms with Crippen LogP contribution in [0.25, 0.3) is 20.8 Å². The lowest BCUT2D eigenvalue weighted by molar-refractivity contribution is 0.00446. The van der Waals surface area contributed by atoms with Crippen LogP contribution in [0.3, 0.4) is 0 Å². The molecule has 0 aliphatic heterocycles. The van der Waals surface area contributed by atoms with Crippen LogP contribution in [-0.2, 0) is 0 Å². The highest BCUT2D eigenvalue weighted by atomic mass is 35.5. The van der Waals surface area contributed by atoms with Gasteiger partial charge in [-0.2, -0.15) is 4.98 Å². The van der Waals surface area contributed by atoms with Crippen LogP contribution in [0.4, 0.5) is 17.5 Å². The molecule has 0 unspecified atom stereocenters. The standard InChI is InChI=1S/C23H23N5O4S.ClH/c29-11-12-10-15(19(31)18(12)30)25-20-17(22-26-14-8-4-5-9-16(14)33-22)21(32)28-23(27-20)24-13-6-2-1-3-7-13;/h1-9,12,15,18-19,29-31H,10-11H2,(H3,24,25,27,28,32);1H/t12-,15-,18-,19+;/m1./s1. The molecular weight excluding hydrogens is 478 g/mol. The summed E-state index contributed by atoms with van der Waals surface area (Å²) >= 11 is 1.37. The zero-order valence-corrected chi connectivity index (χ0v) is 19.5. The number of nitrogens with zero attached hydrogens (tertiary/aromatic N) is 2. The summed E-state index contributed by atoms with van der Waals surface area (Å²) in [5.74, 6) is 0.00342. The molecule has 1 fully saturated rings. The summed E-state index contributed by atoms with van der Waals surface area (Å²) < 4.78 is 0.931. The van der Waals surface area contributed by atoms with Gasteiger partial charge in [0.25, 0.3) is 5.56 Å². The molecule has 5 rings (SSSR count). The van der Waals surface area contributed by atoms with E-state index in [1.165, 1.54) is 11.3 Å². The van der Waals surface area contributed by atoms with Gasteiger partial charge in [-0.1, -0.05) is 30.3 Å². The molecule has 178 valence electrons. The number of hydrogen-bond donors (Lipinski definition) is 6. The second-order valence-electron chi connectivity index (χ2n) is 8.03. The summed E-state index contributed by atoms with van der Waals surface area (Å²) in [6.07, 6.45) is -1.85. The van der Waals surface area contributed by atoms with Gasteiger partial charge in [-0.3, -0.25) is 9.78 Å². The van der Waals surface area contributed by atoms with Crippen molar-refractivity contribution >= 4 is 51.4 Å². The number of para-hydroxylation sites is 2. The average Bonchev–Trinajstić information content (AvgIpc) is 3.35. The van der Waals surface area contributed by atoms with Crippen molar-refractivity contribution in [2.45, 2.75) is 24.7 Å². The van der Waals surface area contributed by atoms with Gasteiger partial charge < -0.3 is 26.0 Å². The Morgan fingerprint density at radius 1 is 1.03 bits per heavy atom. The van der Waals surface area contributed by atoms with Gasteiger partial charge in [-0.15, -0.1) is 23.7 Å². The minimum atomic E-state index is -1.11. The third kappa shape index (κ3) is 4.63. The lowest BCUT2D eigenvalue weighted by Gasteiger charge is -2.20. The third-order valence-corrected chi connectivity index (χ3v) is 6.88. The summed E-state index contributed by atoms with van der Waals surface area (Å²) in [7, 11) is 0. The Bertz CT molecular complexity index is 1300. The van der Waals surface area contributed by atoms with Gasteiger partial charge in [0.2, 0.25) is 5.95 Å². The Hall–Kier alpha value is -3.02. The van der Waals surface area contributed by atoms with Crippen LogP contribution in [0.2, 0.25) is 0 Å². The zero-order chi connectivity index (χ0) is 22.9. The molecule has 0 radical (unpaired) electrons. The van der Waals surface area contributed by atoms with Crippen molar-refractivity contribution < 1.29 is 15.3 Å². The number of hydrogen-bond acceptors (Lipinski definition) is 9. The first kappa shape index (κ1) is 24.1. The zero-order valence-electron chi connectivity index (χ0n) is 17.9. The summed E-state index contributed by atoms with van der Waals surface area (Å²) in [6.45, 7) is -0.245. The van der Waals surface area contributed by atoms with E-state index >= 15 is 0 Å². The minimum Gasteiger partial charge on any atom is -0.396 e. The highest BCUT2D eigenvalue weighted by Gasteiger charge is 2.41. The van der Waals surface area contributed by atoms with E-state index in [-0.39, 0.29) is 36.3 Å². The molecule has 0 spiro atoms. The molecular formula is C23H24ClN5O4S. The fourth-order valence-corrected chi connectivity index (χ4v) is 5.11. The molecule has 9 nitrogen and oxygen atoms in total. The van der Waals surface area contributed by atoms with Crippen molar-refractivity contribution in [3.05, 3.63) is 65.0 Å². The normalized spacial score (nSPS) is 21.9. The maximum absolute atomic E-state index is 13.2. The van der Waals surface area contributed by atoms with Gasteiger partial charge in [0, 0.05) is 18.2 Å². The van der Waals surface area contributed by atoms with Crippen LogP contribution >= 0.6 is 23.7 Å². The van der Waals surface area contributed by atoms with E-state index in [0.29, 0.717) is 11.4 Å². The predicted octanol–water partition coefficient (Wildman–Crippen LogP) is 2.73. The number of fused-ring (bicyclic) bond motifs is 1. The molecule has 2 heterocycles. The van der Waals surface area contributed by atoms with Crippen LogP contribution in [0.5, 0.6) is 0 Å². The average molecular weight is 502 g/mol. The lowest BCUT2D eigenvalue weighted by Crippen LogP contribution is -2.36. The molecule has 2 aromatic heterocycles. The molecule has 0 bridgehead atoms. The molecule has 1 aliphatic rings. The summed E-state index contributed by atoms with van der Waals surface area (Å²) in [4.78, 5) is 25.2. The molecule has 34 heavy (non-hydrogen) atoms. The molecule has 2 aromatic carbocycles. The van der Waals surface area contributed by atoms with Crippen molar-refractivity contribution in [1.82, 2.24) is 15.0 Å². The fraction of sp³-hybridized carbons (Fsp3) is 0.261. The van der Waals surface area contributed by atoms with Crippen LogP contribution in [0.15, 0.2) is 59.4 Å². The first-order valence-corrected chi connectivity index (χ1v) is 11.4. The molecule has 11 heteroatoms. The van der Waals surface area contributed by atoms with Gasteiger partial charge >= 0.3 is 0 Å². The van der Waals surface area contributed by atoms with E-state index in [2.05, 4.69) is 25.6 Å². The summed E-state index contributed by atoms with van der Waals surface area (Å²) in [5, 5.41) is 37.0. The number of H-pyrrole nitrogens is 1. The number of aromatic nitrogens is 3. The molecule has 0 saturated heterocycles. The first-order valence-electron chi connectivity index (χ1n) is 10.6. The second-order valence-corrected chi connectivity index (χ2v) is 9.06. The number of nitrogens with one attached hydrogen (secondary N) is 3. The van der Waals surface area contributed by atoms with E-state index in [1.54, 1.807) is 0 Å². The quantitative estimate of drug-likeness (QED) is 0.237. The minimum absolute atomic E-state index is 0. The number of halogens is 1. The Labute approximate surface area is 205 Å². The van der Waals surface area contributed by atoms with Gasteiger partial charge in [-0.25, -0.2) is 4.98 Å². The number of aromatic amines is 1. The highest BCUT2D eigenvalue weighted by Crippen LogP contribution is 2.34. The second kappa shape index (κ2) is 10.1. The Morgan fingerprint density at radius 2 is 1.76 bits per heavy atom. The van der Waals surface area contributed by atoms with E-state index < -0.39 is 29.7 Å². The van der Waals surface area contributed by atoms with Crippen molar-refractivity contribution in [1.29, 1.82) is 0 Å². The first-order chi connectivity index (χ1) is 16.0. The Morgan fingerprint density at radius 3 is 2.47 bits per heavy atom. The molecule has 6 N–H and O–H groups in total. The van der Waals surface area contributed by atoms with Crippen LogP contribution in [0, 0.1) is 5.92 Å². The van der Waals surface area contributed by atoms with Crippen LogP contribution < -0.4 is 16.2 Å². The van der Waals surface area contributed by atoms with E-state index in [1.807, 2.05) is 54.6 Å². The maximum Gasteiger partial charge on any atom is 0.264 e. The number of benzene rings is 2. The highest BCUT2D eigenvalue weighted by molar-refractivity contribution is 7.21. The lowest BCUT2D eigenvalue weighted by atomic mass is 10.1. The largest absolute Gasteiger partial charge is 0.396 e. The maximum atomic E-state index is 13.2. The van der Waals surface area contributed by atoms with E-state index in [9.17, 15) is 20.1 Å². The number of aliphatic hydroxyl groups excluding tert-OH is 3. The molecule has 4 aromatic rings. The van der Waals surface area contributed by atoms with Crippen LogP contribution in [0.1, 0.15) is 6.42 Å². The Kier molecular flexibility index (Phi) is 7.15. The van der Waals surface area contributed by atoms with Gasteiger partial charge in [0.15, 0.2) is 0 Å². The van der Waals surface area contributed by atoms with Crippen molar-refractivity contribution in [3.8, 4) is 10.6 Å². The molecule has 0 amide bonds. The van der Waals surface area contributed by atoms with Gasteiger partial charge in [-0.05, 0) is 30.7 Å². The molecule has 1 aliphatic carbocycles. The van der Waals surface area contributed by atoms with Crippen molar-refractivity contribution in [2.24, 2.45) is 5.92 Å². The van der Waals surface area contributed by atoms with Gasteiger partial charge in [0.05, 0.1) is 22.4 Å². The third-order valence-electron chi connectivity index (χ3n) is 5.82. The van der Waals surface area contributed by atoms with Crippen molar-refractivity contribution in [2.75, 3.05) is 17.2 Å². The van der Waals surface area contributed by atoms with E-state index in [4.69, 9.17) is 0 Å². The van der Waals surface area contributed by atoms with Crippen molar-refractivity contribution in [3.63, 3.8) is 0 Å². The monoisotopic (exact) mass is 501 g/mol. The number of aliphatic hydroxyl groups is 3.